The predicted octanol–water partition coefficient (Wildman–Crippen LogP) is 3.74. The van der Waals surface area contributed by atoms with Crippen LogP contribution in [0.15, 0.2) is 48.5 Å². The molecule has 1 amide bonds. The first-order valence-electron chi connectivity index (χ1n) is 7.84. The van der Waals surface area contributed by atoms with E-state index in [1.165, 1.54) is 5.56 Å². The lowest BCUT2D eigenvalue weighted by atomic mass is 10.1. The SMILES string of the molecule is CN(C)c1ccc(C(=O)N2CCCCc3ccccc32)cc1. The summed E-state index contributed by atoms with van der Waals surface area (Å²) in [4.78, 5) is 16.9. The molecule has 0 saturated carbocycles. The van der Waals surface area contributed by atoms with Crippen molar-refractivity contribution in [1.29, 1.82) is 0 Å². The smallest absolute Gasteiger partial charge is 0.258 e. The molecule has 0 aliphatic carbocycles. The van der Waals surface area contributed by atoms with Crippen LogP contribution in [0.25, 0.3) is 0 Å². The molecule has 0 spiro atoms. The van der Waals surface area contributed by atoms with Crippen molar-refractivity contribution in [2.45, 2.75) is 19.3 Å². The summed E-state index contributed by atoms with van der Waals surface area (Å²) in [6.07, 6.45) is 3.25. The van der Waals surface area contributed by atoms with Gasteiger partial charge in [0, 0.05) is 37.6 Å². The Labute approximate surface area is 132 Å². The van der Waals surface area contributed by atoms with E-state index in [4.69, 9.17) is 0 Å². The Bertz CT molecular complexity index is 661. The van der Waals surface area contributed by atoms with E-state index in [0.717, 1.165) is 42.7 Å². The van der Waals surface area contributed by atoms with Crippen molar-refractivity contribution < 1.29 is 4.79 Å². The summed E-state index contributed by atoms with van der Waals surface area (Å²) in [5.41, 5.74) is 4.20. The van der Waals surface area contributed by atoms with E-state index in [1.807, 2.05) is 54.2 Å². The Balaban J connectivity index is 1.91. The van der Waals surface area contributed by atoms with Crippen molar-refractivity contribution in [3.8, 4) is 0 Å². The van der Waals surface area contributed by atoms with Gasteiger partial charge in [-0.1, -0.05) is 18.2 Å². The maximum atomic E-state index is 12.9. The quantitative estimate of drug-likeness (QED) is 0.842. The Kier molecular flexibility index (Phi) is 4.14. The van der Waals surface area contributed by atoms with Crippen LogP contribution in [-0.4, -0.2) is 26.5 Å². The van der Waals surface area contributed by atoms with E-state index in [0.29, 0.717) is 0 Å². The van der Waals surface area contributed by atoms with Crippen molar-refractivity contribution in [3.05, 3.63) is 59.7 Å². The van der Waals surface area contributed by atoms with Gasteiger partial charge in [0.15, 0.2) is 0 Å². The van der Waals surface area contributed by atoms with Gasteiger partial charge in [-0.25, -0.2) is 0 Å². The van der Waals surface area contributed by atoms with Crippen molar-refractivity contribution in [2.24, 2.45) is 0 Å². The lowest BCUT2D eigenvalue weighted by molar-refractivity contribution is 0.0987. The molecule has 0 radical (unpaired) electrons. The first-order valence-corrected chi connectivity index (χ1v) is 7.84. The highest BCUT2D eigenvalue weighted by Crippen LogP contribution is 2.27. The van der Waals surface area contributed by atoms with Gasteiger partial charge in [-0.15, -0.1) is 0 Å². The van der Waals surface area contributed by atoms with E-state index in [9.17, 15) is 4.79 Å². The number of anilines is 2. The van der Waals surface area contributed by atoms with Gasteiger partial charge in [-0.2, -0.15) is 0 Å². The number of rotatable bonds is 2. The summed E-state index contributed by atoms with van der Waals surface area (Å²) in [6, 6.07) is 16.1. The Hall–Kier alpha value is -2.29. The molecular formula is C19H22N2O. The van der Waals surface area contributed by atoms with Gasteiger partial charge in [0.2, 0.25) is 0 Å². The molecule has 2 aromatic carbocycles. The van der Waals surface area contributed by atoms with Gasteiger partial charge in [0.05, 0.1) is 0 Å². The Morgan fingerprint density at radius 1 is 1.00 bits per heavy atom. The molecule has 3 heteroatoms. The van der Waals surface area contributed by atoms with Crippen molar-refractivity contribution in [3.63, 3.8) is 0 Å². The molecule has 3 nitrogen and oxygen atoms in total. The zero-order valence-corrected chi connectivity index (χ0v) is 13.2. The lowest BCUT2D eigenvalue weighted by Crippen LogP contribution is -2.31. The number of carbonyl (C=O) groups excluding carboxylic acids is 1. The molecular weight excluding hydrogens is 272 g/mol. The average Bonchev–Trinajstić information content (AvgIpc) is 2.76. The fourth-order valence-electron chi connectivity index (χ4n) is 2.96. The lowest BCUT2D eigenvalue weighted by Gasteiger charge is -2.23. The minimum atomic E-state index is 0.0969. The fourth-order valence-corrected chi connectivity index (χ4v) is 2.96. The zero-order chi connectivity index (χ0) is 15.5. The minimum Gasteiger partial charge on any atom is -0.378 e. The van der Waals surface area contributed by atoms with Crippen LogP contribution in [0.2, 0.25) is 0 Å². The van der Waals surface area contributed by atoms with Gasteiger partial charge in [0.25, 0.3) is 5.91 Å². The molecule has 2 aromatic rings. The standard InChI is InChI=1S/C19H22N2O/c1-20(2)17-12-10-16(11-13-17)19(22)21-14-6-5-8-15-7-3-4-9-18(15)21/h3-4,7,9-13H,5-6,8,14H2,1-2H3. The van der Waals surface area contributed by atoms with E-state index in [2.05, 4.69) is 18.2 Å². The average molecular weight is 294 g/mol. The molecule has 1 aliphatic rings. The van der Waals surface area contributed by atoms with Crippen LogP contribution in [0, 0.1) is 0 Å². The van der Waals surface area contributed by atoms with Gasteiger partial charge in [-0.05, 0) is 55.2 Å². The summed E-state index contributed by atoms with van der Waals surface area (Å²) in [6.45, 7) is 0.797. The van der Waals surface area contributed by atoms with Gasteiger partial charge in [-0.3, -0.25) is 4.79 Å². The monoisotopic (exact) mass is 294 g/mol. The zero-order valence-electron chi connectivity index (χ0n) is 13.2. The second-order valence-electron chi connectivity index (χ2n) is 5.98. The highest BCUT2D eigenvalue weighted by atomic mass is 16.2. The van der Waals surface area contributed by atoms with Crippen LogP contribution in [-0.2, 0) is 6.42 Å². The van der Waals surface area contributed by atoms with E-state index < -0.39 is 0 Å². The van der Waals surface area contributed by atoms with Gasteiger partial charge < -0.3 is 9.80 Å². The first-order chi connectivity index (χ1) is 10.7. The summed E-state index contributed by atoms with van der Waals surface area (Å²) >= 11 is 0. The van der Waals surface area contributed by atoms with Crippen LogP contribution < -0.4 is 9.80 Å². The Morgan fingerprint density at radius 3 is 2.45 bits per heavy atom. The number of carbonyl (C=O) groups is 1. The number of fused-ring (bicyclic) bond motifs is 1. The summed E-state index contributed by atoms with van der Waals surface area (Å²) in [5.74, 6) is 0.0969. The number of amides is 1. The second kappa shape index (κ2) is 6.22. The van der Waals surface area contributed by atoms with Crippen molar-refractivity contribution in [1.82, 2.24) is 0 Å². The molecule has 0 bridgehead atoms. The maximum Gasteiger partial charge on any atom is 0.258 e. The van der Waals surface area contributed by atoms with Crippen LogP contribution in [0.1, 0.15) is 28.8 Å². The predicted molar refractivity (Wildman–Crippen MR) is 91.8 cm³/mol. The molecule has 0 N–H and O–H groups in total. The molecule has 1 heterocycles. The van der Waals surface area contributed by atoms with Crippen LogP contribution in [0.5, 0.6) is 0 Å². The number of hydrogen-bond acceptors (Lipinski definition) is 2. The number of aryl methyl sites for hydroxylation is 1. The molecule has 3 rings (SSSR count). The third-order valence-corrected chi connectivity index (χ3v) is 4.24. The van der Waals surface area contributed by atoms with Crippen LogP contribution >= 0.6 is 0 Å². The van der Waals surface area contributed by atoms with Crippen molar-refractivity contribution in [2.75, 3.05) is 30.4 Å². The molecule has 22 heavy (non-hydrogen) atoms. The number of para-hydroxylation sites is 1. The number of nitrogens with zero attached hydrogens (tertiary/aromatic N) is 2. The van der Waals surface area contributed by atoms with Crippen molar-refractivity contribution >= 4 is 17.3 Å². The molecule has 1 aliphatic heterocycles. The second-order valence-corrected chi connectivity index (χ2v) is 5.98. The number of hydrogen-bond donors (Lipinski definition) is 0. The largest absolute Gasteiger partial charge is 0.378 e. The van der Waals surface area contributed by atoms with Gasteiger partial charge >= 0.3 is 0 Å². The molecule has 114 valence electrons. The molecule has 0 saturated heterocycles. The molecule has 0 aromatic heterocycles. The summed E-state index contributed by atoms with van der Waals surface area (Å²) < 4.78 is 0. The van der Waals surface area contributed by atoms with E-state index in [1.54, 1.807) is 0 Å². The minimum absolute atomic E-state index is 0.0969. The number of benzene rings is 2. The highest BCUT2D eigenvalue weighted by Gasteiger charge is 2.21. The molecule has 0 unspecified atom stereocenters. The van der Waals surface area contributed by atoms with E-state index >= 15 is 0 Å². The van der Waals surface area contributed by atoms with Crippen LogP contribution in [0.3, 0.4) is 0 Å². The summed E-state index contributed by atoms with van der Waals surface area (Å²) in [7, 11) is 4.00. The molecule has 0 atom stereocenters. The Morgan fingerprint density at radius 2 is 1.73 bits per heavy atom. The topological polar surface area (TPSA) is 23.6 Å². The molecule has 0 fully saturated rings. The third-order valence-electron chi connectivity index (χ3n) is 4.24. The van der Waals surface area contributed by atoms with E-state index in [-0.39, 0.29) is 5.91 Å². The maximum absolute atomic E-state index is 12.9. The van der Waals surface area contributed by atoms with Crippen LogP contribution in [0.4, 0.5) is 11.4 Å². The highest BCUT2D eigenvalue weighted by molar-refractivity contribution is 6.06. The van der Waals surface area contributed by atoms with Gasteiger partial charge in [0.1, 0.15) is 0 Å². The first kappa shape index (κ1) is 14.6. The fraction of sp³-hybridized carbons (Fsp3) is 0.316. The third kappa shape index (κ3) is 2.84. The normalized spacial score (nSPS) is 14.2. The summed E-state index contributed by atoms with van der Waals surface area (Å²) in [5, 5.41) is 0.